The summed E-state index contributed by atoms with van der Waals surface area (Å²) in [6.45, 7) is 2.57. The Hall–Kier alpha value is -2.41. The first-order valence-corrected chi connectivity index (χ1v) is 9.69. The Morgan fingerprint density at radius 1 is 1.26 bits per heavy atom. The summed E-state index contributed by atoms with van der Waals surface area (Å²) in [5, 5.41) is 0. The second-order valence-corrected chi connectivity index (χ2v) is 7.29. The van der Waals surface area contributed by atoms with Crippen molar-refractivity contribution in [1.82, 2.24) is 9.88 Å². The van der Waals surface area contributed by atoms with Gasteiger partial charge in [-0.2, -0.15) is 0 Å². The van der Waals surface area contributed by atoms with Crippen LogP contribution in [0.15, 0.2) is 47.1 Å². The third kappa shape index (κ3) is 5.79. The molecule has 0 bridgehead atoms. The highest BCUT2D eigenvalue weighted by Gasteiger charge is 2.29. The van der Waals surface area contributed by atoms with Crippen LogP contribution < -0.4 is 4.74 Å². The molecule has 1 aromatic heterocycles. The molecule has 0 radical (unpaired) electrons. The molecule has 0 spiro atoms. The number of aromatic nitrogens is 1. The number of carbonyl (C=O) groups excluding carboxylic acids is 2. The van der Waals surface area contributed by atoms with Gasteiger partial charge in [0.15, 0.2) is 0 Å². The van der Waals surface area contributed by atoms with Crippen LogP contribution in [-0.2, 0) is 9.53 Å². The van der Waals surface area contributed by atoms with E-state index in [1.807, 2.05) is 24.3 Å². The number of ether oxygens (including phenoxy) is 2. The number of nitrogens with zero attached hydrogens (tertiary/aromatic N) is 2. The highest BCUT2D eigenvalue weighted by Crippen LogP contribution is 2.30. The zero-order valence-electron chi connectivity index (χ0n) is 15.1. The predicted molar refractivity (Wildman–Crippen MR) is 104 cm³/mol. The Morgan fingerprint density at radius 3 is 2.70 bits per heavy atom. The van der Waals surface area contributed by atoms with E-state index in [4.69, 9.17) is 9.47 Å². The molecule has 1 heterocycles. The van der Waals surface area contributed by atoms with E-state index in [-0.39, 0.29) is 12.5 Å². The van der Waals surface area contributed by atoms with E-state index in [1.54, 1.807) is 24.0 Å². The highest BCUT2D eigenvalue weighted by molar-refractivity contribution is 9.10. The molecule has 1 amide bonds. The lowest BCUT2D eigenvalue weighted by atomic mass is 10.2. The summed E-state index contributed by atoms with van der Waals surface area (Å²) < 4.78 is 11.6. The fourth-order valence-electron chi connectivity index (χ4n) is 2.59. The molecule has 142 valence electrons. The van der Waals surface area contributed by atoms with Crippen LogP contribution in [-0.4, -0.2) is 41.5 Å². The number of hydrogen-bond donors (Lipinski definition) is 0. The first kappa shape index (κ1) is 19.4. The Balaban J connectivity index is 1.67. The van der Waals surface area contributed by atoms with E-state index < -0.39 is 5.97 Å². The minimum absolute atomic E-state index is 0.0422. The number of rotatable bonds is 8. The fraction of sp³-hybridized carbons (Fsp3) is 0.350. The van der Waals surface area contributed by atoms with Crippen LogP contribution in [0.3, 0.4) is 0 Å². The van der Waals surface area contributed by atoms with E-state index in [0.717, 1.165) is 17.3 Å². The molecule has 1 aliphatic rings. The number of esters is 1. The Morgan fingerprint density at radius 2 is 2.07 bits per heavy atom. The van der Waals surface area contributed by atoms with Crippen LogP contribution >= 0.6 is 15.9 Å². The molecule has 3 rings (SSSR count). The topological polar surface area (TPSA) is 68.7 Å². The number of benzene rings is 1. The van der Waals surface area contributed by atoms with Gasteiger partial charge in [-0.1, -0.05) is 22.0 Å². The van der Waals surface area contributed by atoms with Crippen molar-refractivity contribution in [3.05, 3.63) is 52.6 Å². The van der Waals surface area contributed by atoms with Crippen molar-refractivity contribution in [1.29, 1.82) is 0 Å². The molecule has 6 nitrogen and oxygen atoms in total. The second-order valence-electron chi connectivity index (χ2n) is 6.38. The van der Waals surface area contributed by atoms with Gasteiger partial charge in [0.25, 0.3) is 5.91 Å². The molecule has 2 aromatic rings. The number of pyridine rings is 1. The third-order valence-electron chi connectivity index (χ3n) is 4.09. The van der Waals surface area contributed by atoms with Crippen molar-refractivity contribution in [2.45, 2.75) is 19.8 Å². The Kier molecular flexibility index (Phi) is 6.45. The van der Waals surface area contributed by atoms with Gasteiger partial charge in [-0.15, -0.1) is 0 Å². The molecule has 0 saturated heterocycles. The van der Waals surface area contributed by atoms with Crippen LogP contribution in [0.25, 0.3) is 0 Å². The zero-order valence-corrected chi connectivity index (χ0v) is 16.6. The lowest BCUT2D eigenvalue weighted by Crippen LogP contribution is -2.38. The van der Waals surface area contributed by atoms with Crippen molar-refractivity contribution in [3.8, 4) is 11.6 Å². The SMILES string of the molecule is CCOC(=O)CN(CC1CC1)C(=O)c1ccc(Oc2cccc(Br)c2)nc1. The molecular weight excluding hydrogens is 412 g/mol. The maximum atomic E-state index is 12.8. The van der Waals surface area contributed by atoms with Gasteiger partial charge in [0, 0.05) is 23.3 Å². The number of halogens is 1. The minimum atomic E-state index is -0.394. The number of amides is 1. The van der Waals surface area contributed by atoms with Gasteiger partial charge in [0.05, 0.1) is 12.2 Å². The van der Waals surface area contributed by atoms with E-state index in [9.17, 15) is 9.59 Å². The molecule has 1 aromatic carbocycles. The van der Waals surface area contributed by atoms with Crippen LogP contribution in [0.4, 0.5) is 0 Å². The van der Waals surface area contributed by atoms with Gasteiger partial charge in [-0.25, -0.2) is 4.98 Å². The average Bonchev–Trinajstić information content (AvgIpc) is 3.46. The summed E-state index contributed by atoms with van der Waals surface area (Å²) in [5.41, 5.74) is 0.418. The molecule has 1 fully saturated rings. The van der Waals surface area contributed by atoms with Crippen LogP contribution in [0.1, 0.15) is 30.1 Å². The Labute approximate surface area is 166 Å². The Bertz CT molecular complexity index is 806. The second kappa shape index (κ2) is 8.99. The summed E-state index contributed by atoms with van der Waals surface area (Å²) in [6, 6.07) is 10.7. The van der Waals surface area contributed by atoms with Gasteiger partial charge in [-0.05, 0) is 49.9 Å². The van der Waals surface area contributed by atoms with Crippen molar-refractivity contribution in [3.63, 3.8) is 0 Å². The largest absolute Gasteiger partial charge is 0.465 e. The van der Waals surface area contributed by atoms with E-state index in [2.05, 4.69) is 20.9 Å². The average molecular weight is 433 g/mol. The highest BCUT2D eigenvalue weighted by atomic mass is 79.9. The molecule has 0 atom stereocenters. The lowest BCUT2D eigenvalue weighted by Gasteiger charge is -2.21. The number of carbonyl (C=O) groups is 2. The lowest BCUT2D eigenvalue weighted by molar-refractivity contribution is -0.143. The van der Waals surface area contributed by atoms with Gasteiger partial charge in [-0.3, -0.25) is 9.59 Å². The summed E-state index contributed by atoms with van der Waals surface area (Å²) >= 11 is 3.39. The van der Waals surface area contributed by atoms with E-state index in [1.165, 1.54) is 6.20 Å². The van der Waals surface area contributed by atoms with Crippen molar-refractivity contribution in [2.24, 2.45) is 5.92 Å². The summed E-state index contributed by atoms with van der Waals surface area (Å²) in [5.74, 6) is 0.887. The van der Waals surface area contributed by atoms with Gasteiger partial charge < -0.3 is 14.4 Å². The standard InChI is InChI=1S/C20H21BrN2O4/c1-2-26-19(24)13-23(12-14-6-7-14)20(25)15-8-9-18(22-11-15)27-17-5-3-4-16(21)10-17/h3-5,8-11,14H,2,6-7,12-13H2,1H3. The third-order valence-corrected chi connectivity index (χ3v) is 4.58. The summed E-state index contributed by atoms with van der Waals surface area (Å²) in [6.07, 6.45) is 3.65. The molecule has 27 heavy (non-hydrogen) atoms. The molecule has 1 saturated carbocycles. The monoisotopic (exact) mass is 432 g/mol. The van der Waals surface area contributed by atoms with E-state index in [0.29, 0.717) is 36.3 Å². The predicted octanol–water partition coefficient (Wildman–Crippen LogP) is 4.05. The first-order valence-electron chi connectivity index (χ1n) is 8.89. The van der Waals surface area contributed by atoms with Crippen molar-refractivity contribution < 1.29 is 19.1 Å². The fourth-order valence-corrected chi connectivity index (χ4v) is 2.97. The normalized spacial score (nSPS) is 13.1. The maximum Gasteiger partial charge on any atom is 0.325 e. The molecule has 0 N–H and O–H groups in total. The quantitative estimate of drug-likeness (QED) is 0.588. The van der Waals surface area contributed by atoms with E-state index >= 15 is 0 Å². The molecule has 0 unspecified atom stereocenters. The smallest absolute Gasteiger partial charge is 0.325 e. The minimum Gasteiger partial charge on any atom is -0.465 e. The zero-order chi connectivity index (χ0) is 19.2. The van der Waals surface area contributed by atoms with Gasteiger partial charge >= 0.3 is 5.97 Å². The molecule has 7 heteroatoms. The van der Waals surface area contributed by atoms with Crippen LogP contribution in [0, 0.1) is 5.92 Å². The summed E-state index contributed by atoms with van der Waals surface area (Å²) in [4.78, 5) is 30.4. The van der Waals surface area contributed by atoms with Crippen molar-refractivity contribution >= 4 is 27.8 Å². The summed E-state index contributed by atoms with van der Waals surface area (Å²) in [7, 11) is 0. The molecule has 1 aliphatic carbocycles. The van der Waals surface area contributed by atoms with Crippen molar-refractivity contribution in [2.75, 3.05) is 19.7 Å². The van der Waals surface area contributed by atoms with Crippen LogP contribution in [0.2, 0.25) is 0 Å². The van der Waals surface area contributed by atoms with Crippen LogP contribution in [0.5, 0.6) is 11.6 Å². The molecular formula is C20H21BrN2O4. The van der Waals surface area contributed by atoms with Gasteiger partial charge in [0.2, 0.25) is 5.88 Å². The first-order chi connectivity index (χ1) is 13.0. The maximum absolute atomic E-state index is 12.8. The molecule has 0 aliphatic heterocycles. The van der Waals surface area contributed by atoms with Gasteiger partial charge in [0.1, 0.15) is 12.3 Å². The number of hydrogen-bond acceptors (Lipinski definition) is 5.